The van der Waals surface area contributed by atoms with Crippen molar-refractivity contribution >= 4 is 27.5 Å². The zero-order chi connectivity index (χ0) is 13.9. The number of amides is 1. The van der Waals surface area contributed by atoms with Gasteiger partial charge in [0.05, 0.1) is 0 Å². The number of benzene rings is 1. The van der Waals surface area contributed by atoms with Gasteiger partial charge in [-0.3, -0.25) is 4.79 Å². The first-order valence-electron chi connectivity index (χ1n) is 6.07. The Labute approximate surface area is 117 Å². The lowest BCUT2D eigenvalue weighted by atomic mass is 10.0. The molecule has 3 N–H and O–H groups in total. The zero-order valence-electron chi connectivity index (χ0n) is 11.4. The van der Waals surface area contributed by atoms with Crippen LogP contribution in [0.25, 0.3) is 0 Å². The zero-order valence-corrected chi connectivity index (χ0v) is 13.0. The summed E-state index contributed by atoms with van der Waals surface area (Å²) < 4.78 is 1.14. The highest BCUT2D eigenvalue weighted by Crippen LogP contribution is 2.33. The van der Waals surface area contributed by atoms with Crippen molar-refractivity contribution in [3.63, 3.8) is 0 Å². The molecule has 0 saturated carbocycles. The van der Waals surface area contributed by atoms with Gasteiger partial charge in [0, 0.05) is 21.6 Å². The molecular weight excluding hydrogens is 292 g/mol. The van der Waals surface area contributed by atoms with Crippen molar-refractivity contribution in [1.29, 1.82) is 0 Å². The smallest absolute Gasteiger partial charge is 0.219 e. The molecule has 0 bridgehead atoms. The van der Waals surface area contributed by atoms with E-state index >= 15 is 0 Å². The molecule has 0 aromatic heterocycles. The number of carbonyl (C=O) groups is 1. The van der Waals surface area contributed by atoms with Crippen LogP contribution < -0.4 is 11.1 Å². The summed E-state index contributed by atoms with van der Waals surface area (Å²) >= 11 is 3.46. The molecule has 0 fully saturated rings. The van der Waals surface area contributed by atoms with Gasteiger partial charge in [0.2, 0.25) is 5.91 Å². The molecular formula is C14H21BrN2O. The number of anilines is 1. The highest BCUT2D eigenvalue weighted by Gasteiger charge is 2.26. The number of hydrogen-bond acceptors (Lipinski definition) is 2. The van der Waals surface area contributed by atoms with Crippen LogP contribution in [0.1, 0.15) is 33.3 Å². The van der Waals surface area contributed by atoms with Crippen LogP contribution in [-0.4, -0.2) is 11.4 Å². The fraction of sp³-hybridized carbons (Fsp3) is 0.500. The van der Waals surface area contributed by atoms with E-state index < -0.39 is 0 Å². The molecule has 1 aromatic rings. The summed E-state index contributed by atoms with van der Waals surface area (Å²) in [7, 11) is 0. The van der Waals surface area contributed by atoms with Gasteiger partial charge in [-0.15, -0.1) is 0 Å². The van der Waals surface area contributed by atoms with Crippen LogP contribution in [0.4, 0.5) is 5.69 Å². The van der Waals surface area contributed by atoms with Crippen LogP contribution in [0.3, 0.4) is 0 Å². The molecule has 1 aromatic carbocycles. The molecule has 100 valence electrons. The van der Waals surface area contributed by atoms with Crippen LogP contribution >= 0.6 is 15.9 Å². The number of hydrogen-bond donors (Lipinski definition) is 2. The maximum atomic E-state index is 9.92. The van der Waals surface area contributed by atoms with Crippen LogP contribution in [0, 0.1) is 5.92 Å². The molecule has 1 aliphatic rings. The third kappa shape index (κ3) is 4.33. The number of rotatable bonds is 1. The quantitative estimate of drug-likeness (QED) is 0.835. The van der Waals surface area contributed by atoms with Crippen molar-refractivity contribution in [1.82, 2.24) is 0 Å². The molecule has 4 heteroatoms. The van der Waals surface area contributed by atoms with Crippen LogP contribution in [0.2, 0.25) is 0 Å². The minimum absolute atomic E-state index is 0.00926. The minimum Gasteiger partial charge on any atom is -0.380 e. The van der Waals surface area contributed by atoms with Gasteiger partial charge >= 0.3 is 0 Å². The SMILES string of the molecule is CC(C)C(N)=O.CC1(C)Cc2ccc(Br)cc2N1. The fourth-order valence-corrected chi connectivity index (χ4v) is 2.07. The second-order valence-electron chi connectivity index (χ2n) is 5.54. The molecule has 0 radical (unpaired) electrons. The topological polar surface area (TPSA) is 55.1 Å². The number of nitrogens with two attached hydrogens (primary N) is 1. The molecule has 1 heterocycles. The molecule has 0 atom stereocenters. The Morgan fingerprint density at radius 1 is 1.44 bits per heavy atom. The largest absolute Gasteiger partial charge is 0.380 e. The van der Waals surface area contributed by atoms with E-state index in [1.807, 2.05) is 0 Å². The van der Waals surface area contributed by atoms with E-state index in [0.717, 1.165) is 10.9 Å². The van der Waals surface area contributed by atoms with Gasteiger partial charge in [0.1, 0.15) is 0 Å². The summed E-state index contributed by atoms with van der Waals surface area (Å²) in [6.07, 6.45) is 1.12. The first-order chi connectivity index (χ1) is 8.21. The van der Waals surface area contributed by atoms with Gasteiger partial charge in [-0.1, -0.05) is 35.8 Å². The van der Waals surface area contributed by atoms with E-state index in [4.69, 9.17) is 5.73 Å². The van der Waals surface area contributed by atoms with Gasteiger partial charge in [0.25, 0.3) is 0 Å². The predicted molar refractivity (Wildman–Crippen MR) is 79.6 cm³/mol. The monoisotopic (exact) mass is 312 g/mol. The van der Waals surface area contributed by atoms with Crippen molar-refractivity contribution in [2.24, 2.45) is 11.7 Å². The molecule has 3 nitrogen and oxygen atoms in total. The second kappa shape index (κ2) is 5.74. The highest BCUT2D eigenvalue weighted by molar-refractivity contribution is 9.10. The first kappa shape index (κ1) is 15.0. The Morgan fingerprint density at radius 2 is 2.00 bits per heavy atom. The Balaban J connectivity index is 0.000000232. The van der Waals surface area contributed by atoms with Crippen LogP contribution in [0.5, 0.6) is 0 Å². The lowest BCUT2D eigenvalue weighted by Crippen LogP contribution is -2.26. The van der Waals surface area contributed by atoms with E-state index in [0.29, 0.717) is 0 Å². The van der Waals surface area contributed by atoms with E-state index in [-0.39, 0.29) is 17.4 Å². The molecule has 0 aliphatic carbocycles. The molecule has 0 unspecified atom stereocenters. The summed E-state index contributed by atoms with van der Waals surface area (Å²) in [5.74, 6) is -0.250. The summed E-state index contributed by atoms with van der Waals surface area (Å²) in [5.41, 5.74) is 7.71. The standard InChI is InChI=1S/C10H12BrN.C4H9NO/c1-10(2)6-7-3-4-8(11)5-9(7)12-10;1-3(2)4(5)6/h3-5,12H,6H2,1-2H3;3H,1-2H3,(H2,5,6). The van der Waals surface area contributed by atoms with Crippen molar-refractivity contribution in [2.45, 2.75) is 39.7 Å². The van der Waals surface area contributed by atoms with Gasteiger partial charge in [0.15, 0.2) is 0 Å². The second-order valence-corrected chi connectivity index (χ2v) is 6.46. The van der Waals surface area contributed by atoms with Gasteiger partial charge in [-0.2, -0.15) is 0 Å². The summed E-state index contributed by atoms with van der Waals surface area (Å²) in [5, 5.41) is 3.48. The van der Waals surface area contributed by atoms with Crippen LogP contribution in [-0.2, 0) is 11.2 Å². The van der Waals surface area contributed by atoms with Gasteiger partial charge in [-0.05, 0) is 38.0 Å². The number of halogens is 1. The number of primary amides is 1. The van der Waals surface area contributed by atoms with E-state index in [1.165, 1.54) is 11.3 Å². The predicted octanol–water partition coefficient (Wildman–Crippen LogP) is 3.32. The minimum atomic E-state index is -0.241. The molecule has 1 aliphatic heterocycles. The summed E-state index contributed by atoms with van der Waals surface area (Å²) in [4.78, 5) is 9.92. The molecule has 0 saturated heterocycles. The molecule has 0 spiro atoms. The van der Waals surface area contributed by atoms with Crippen molar-refractivity contribution in [2.75, 3.05) is 5.32 Å². The molecule has 2 rings (SSSR count). The third-order valence-electron chi connectivity index (χ3n) is 2.75. The highest BCUT2D eigenvalue weighted by atomic mass is 79.9. The maximum Gasteiger partial charge on any atom is 0.219 e. The van der Waals surface area contributed by atoms with Crippen molar-refractivity contribution in [3.05, 3.63) is 28.2 Å². The Kier molecular flexibility index (Phi) is 4.79. The third-order valence-corrected chi connectivity index (χ3v) is 3.24. The van der Waals surface area contributed by atoms with Gasteiger partial charge < -0.3 is 11.1 Å². The lowest BCUT2D eigenvalue weighted by molar-refractivity contribution is -0.120. The van der Waals surface area contributed by atoms with Crippen molar-refractivity contribution in [3.8, 4) is 0 Å². The lowest BCUT2D eigenvalue weighted by Gasteiger charge is -2.17. The van der Waals surface area contributed by atoms with E-state index in [2.05, 4.69) is 53.3 Å². The van der Waals surface area contributed by atoms with Gasteiger partial charge in [-0.25, -0.2) is 0 Å². The Hall–Kier alpha value is -1.03. The Bertz CT molecular complexity index is 441. The van der Waals surface area contributed by atoms with Crippen LogP contribution in [0.15, 0.2) is 22.7 Å². The van der Waals surface area contributed by atoms with Crippen molar-refractivity contribution < 1.29 is 4.79 Å². The van der Waals surface area contributed by atoms with E-state index in [9.17, 15) is 4.79 Å². The molecule has 18 heavy (non-hydrogen) atoms. The number of fused-ring (bicyclic) bond motifs is 1. The first-order valence-corrected chi connectivity index (χ1v) is 6.86. The normalized spacial score (nSPS) is 15.4. The average Bonchev–Trinajstić information content (AvgIpc) is 2.51. The Morgan fingerprint density at radius 3 is 2.50 bits per heavy atom. The number of carbonyl (C=O) groups excluding carboxylic acids is 1. The maximum absolute atomic E-state index is 9.92. The van der Waals surface area contributed by atoms with E-state index in [1.54, 1.807) is 13.8 Å². The number of nitrogens with one attached hydrogen (secondary N) is 1. The average molecular weight is 313 g/mol. The summed E-state index contributed by atoms with van der Waals surface area (Å²) in [6.45, 7) is 7.98. The summed E-state index contributed by atoms with van der Waals surface area (Å²) in [6, 6.07) is 6.42. The fourth-order valence-electron chi connectivity index (χ4n) is 1.70. The molecule has 1 amide bonds.